The fourth-order valence-electron chi connectivity index (χ4n) is 2.44. The van der Waals surface area contributed by atoms with E-state index in [-0.39, 0.29) is 23.9 Å². The molecule has 17 heavy (non-hydrogen) atoms. The van der Waals surface area contributed by atoms with Crippen LogP contribution in [0.1, 0.15) is 59.3 Å². The Bertz CT molecular complexity index is 225. The molecule has 1 heterocycles. The summed E-state index contributed by atoms with van der Waals surface area (Å²) < 4.78 is 0. The zero-order valence-electron chi connectivity index (χ0n) is 11.3. The lowest BCUT2D eigenvalue weighted by Crippen LogP contribution is -2.43. The van der Waals surface area contributed by atoms with E-state index in [1.807, 2.05) is 0 Å². The predicted octanol–water partition coefficient (Wildman–Crippen LogP) is 2.64. The first kappa shape index (κ1) is 16.7. The monoisotopic (exact) mass is 262 g/mol. The van der Waals surface area contributed by atoms with Gasteiger partial charge in [-0.2, -0.15) is 0 Å². The van der Waals surface area contributed by atoms with Gasteiger partial charge in [0.2, 0.25) is 5.91 Å². The molecule has 102 valence electrons. The van der Waals surface area contributed by atoms with Crippen molar-refractivity contribution in [2.75, 3.05) is 6.54 Å². The summed E-state index contributed by atoms with van der Waals surface area (Å²) in [6.45, 7) is 7.47. The first-order valence-electron chi connectivity index (χ1n) is 6.58. The number of carbonyl (C=O) groups excluding carboxylic acids is 1. The van der Waals surface area contributed by atoms with Crippen molar-refractivity contribution >= 4 is 18.3 Å². The zero-order chi connectivity index (χ0) is 12.0. The predicted molar refractivity (Wildman–Crippen MR) is 74.6 cm³/mol. The Labute approximate surface area is 112 Å². The van der Waals surface area contributed by atoms with Gasteiger partial charge in [-0.3, -0.25) is 4.79 Å². The summed E-state index contributed by atoms with van der Waals surface area (Å²) in [4.78, 5) is 11.8. The van der Waals surface area contributed by atoms with Gasteiger partial charge in [0.05, 0.1) is 0 Å². The van der Waals surface area contributed by atoms with Crippen molar-refractivity contribution in [3.63, 3.8) is 0 Å². The molecular weight excluding hydrogens is 236 g/mol. The highest BCUT2D eigenvalue weighted by molar-refractivity contribution is 5.85. The van der Waals surface area contributed by atoms with Crippen LogP contribution in [0.5, 0.6) is 0 Å². The van der Waals surface area contributed by atoms with Crippen LogP contribution in [0.15, 0.2) is 0 Å². The maximum Gasteiger partial charge on any atom is 0.220 e. The van der Waals surface area contributed by atoms with Gasteiger partial charge < -0.3 is 10.6 Å². The second-order valence-electron chi connectivity index (χ2n) is 5.51. The van der Waals surface area contributed by atoms with E-state index in [2.05, 4.69) is 31.4 Å². The van der Waals surface area contributed by atoms with E-state index >= 15 is 0 Å². The molecule has 1 rings (SSSR count). The van der Waals surface area contributed by atoms with E-state index < -0.39 is 0 Å². The molecule has 0 saturated carbocycles. The minimum Gasteiger partial charge on any atom is -0.351 e. The molecule has 1 saturated heterocycles. The fraction of sp³-hybridized carbons (Fsp3) is 0.923. The summed E-state index contributed by atoms with van der Waals surface area (Å²) in [7, 11) is 0. The molecule has 0 bridgehead atoms. The summed E-state index contributed by atoms with van der Waals surface area (Å²) in [6.07, 6.45) is 6.27. The van der Waals surface area contributed by atoms with E-state index in [4.69, 9.17) is 0 Å². The van der Waals surface area contributed by atoms with Crippen LogP contribution in [0.3, 0.4) is 0 Å². The number of hydrogen-bond donors (Lipinski definition) is 2. The summed E-state index contributed by atoms with van der Waals surface area (Å²) in [5.41, 5.74) is -0.0467. The van der Waals surface area contributed by atoms with E-state index in [9.17, 15) is 4.79 Å². The van der Waals surface area contributed by atoms with Gasteiger partial charge in [0.15, 0.2) is 0 Å². The maximum absolute atomic E-state index is 11.8. The average Bonchev–Trinajstić information content (AvgIpc) is 2.66. The van der Waals surface area contributed by atoms with Gasteiger partial charge in [-0.05, 0) is 46.1 Å². The Kier molecular flexibility index (Phi) is 7.80. The van der Waals surface area contributed by atoms with Crippen LogP contribution in [0.25, 0.3) is 0 Å². The molecule has 0 spiro atoms. The normalized spacial score (nSPS) is 19.8. The Hall–Kier alpha value is -0.280. The number of rotatable bonds is 6. The Morgan fingerprint density at radius 2 is 2.18 bits per heavy atom. The molecule has 1 fully saturated rings. The van der Waals surface area contributed by atoms with Crippen LogP contribution in [-0.2, 0) is 4.79 Å². The summed E-state index contributed by atoms with van der Waals surface area (Å²) in [6, 6.07) is 0.569. The summed E-state index contributed by atoms with van der Waals surface area (Å²) in [5, 5.41) is 6.53. The minimum absolute atomic E-state index is 0. The Balaban J connectivity index is 0.00000256. The number of hydrogen-bond acceptors (Lipinski definition) is 2. The van der Waals surface area contributed by atoms with Gasteiger partial charge in [-0.15, -0.1) is 12.4 Å². The number of carbonyl (C=O) groups is 1. The number of amides is 1. The zero-order valence-corrected chi connectivity index (χ0v) is 12.2. The van der Waals surface area contributed by atoms with Crippen molar-refractivity contribution in [3.05, 3.63) is 0 Å². The topological polar surface area (TPSA) is 41.1 Å². The van der Waals surface area contributed by atoms with Crippen molar-refractivity contribution < 1.29 is 4.79 Å². The molecular formula is C13H27ClN2O. The lowest BCUT2D eigenvalue weighted by atomic mass is 9.98. The van der Waals surface area contributed by atoms with Crippen molar-refractivity contribution in [2.45, 2.75) is 70.9 Å². The second-order valence-corrected chi connectivity index (χ2v) is 5.51. The first-order valence-corrected chi connectivity index (χ1v) is 6.58. The van der Waals surface area contributed by atoms with Gasteiger partial charge in [0.1, 0.15) is 0 Å². The van der Waals surface area contributed by atoms with Crippen LogP contribution >= 0.6 is 12.4 Å². The standard InChI is InChI=1S/C13H26N2O.ClH/c1-4-9-13(2,3)15-12(16)8-7-11-6-5-10-14-11;/h11,14H,4-10H2,1-3H3,(H,15,16);1H. The Morgan fingerprint density at radius 3 is 2.71 bits per heavy atom. The molecule has 1 aliphatic rings. The highest BCUT2D eigenvalue weighted by atomic mass is 35.5. The summed E-state index contributed by atoms with van der Waals surface area (Å²) in [5.74, 6) is 0.201. The third kappa shape index (κ3) is 6.89. The van der Waals surface area contributed by atoms with Gasteiger partial charge in [-0.25, -0.2) is 0 Å². The maximum atomic E-state index is 11.8. The molecule has 4 heteroatoms. The van der Waals surface area contributed by atoms with Crippen LogP contribution in [0.2, 0.25) is 0 Å². The smallest absolute Gasteiger partial charge is 0.220 e. The van der Waals surface area contributed by atoms with E-state index in [0.717, 1.165) is 25.8 Å². The van der Waals surface area contributed by atoms with Crippen molar-refractivity contribution in [2.24, 2.45) is 0 Å². The molecule has 1 amide bonds. The van der Waals surface area contributed by atoms with Gasteiger partial charge in [0, 0.05) is 18.0 Å². The molecule has 0 radical (unpaired) electrons. The van der Waals surface area contributed by atoms with Crippen LogP contribution in [-0.4, -0.2) is 24.0 Å². The van der Waals surface area contributed by atoms with Gasteiger partial charge >= 0.3 is 0 Å². The molecule has 3 nitrogen and oxygen atoms in total. The fourth-order valence-corrected chi connectivity index (χ4v) is 2.44. The SMILES string of the molecule is CCCC(C)(C)NC(=O)CCC1CCCN1.Cl. The number of halogens is 1. The highest BCUT2D eigenvalue weighted by Crippen LogP contribution is 2.13. The molecule has 1 atom stereocenters. The van der Waals surface area contributed by atoms with Crippen LogP contribution in [0, 0.1) is 0 Å². The van der Waals surface area contributed by atoms with Crippen molar-refractivity contribution in [3.8, 4) is 0 Å². The van der Waals surface area contributed by atoms with E-state index in [1.54, 1.807) is 0 Å². The molecule has 0 aromatic rings. The van der Waals surface area contributed by atoms with Gasteiger partial charge in [-0.1, -0.05) is 13.3 Å². The lowest BCUT2D eigenvalue weighted by Gasteiger charge is -2.26. The molecule has 1 aliphatic heterocycles. The third-order valence-corrected chi connectivity index (χ3v) is 3.24. The molecule has 0 aromatic carbocycles. The van der Waals surface area contributed by atoms with E-state index in [0.29, 0.717) is 12.5 Å². The average molecular weight is 263 g/mol. The Morgan fingerprint density at radius 1 is 1.47 bits per heavy atom. The minimum atomic E-state index is -0.0467. The summed E-state index contributed by atoms with van der Waals surface area (Å²) >= 11 is 0. The largest absolute Gasteiger partial charge is 0.351 e. The van der Waals surface area contributed by atoms with E-state index in [1.165, 1.54) is 12.8 Å². The second kappa shape index (κ2) is 7.93. The molecule has 0 aromatic heterocycles. The van der Waals surface area contributed by atoms with Crippen molar-refractivity contribution in [1.82, 2.24) is 10.6 Å². The van der Waals surface area contributed by atoms with Crippen LogP contribution in [0.4, 0.5) is 0 Å². The number of nitrogens with one attached hydrogen (secondary N) is 2. The quantitative estimate of drug-likeness (QED) is 0.773. The molecule has 1 unspecified atom stereocenters. The van der Waals surface area contributed by atoms with Crippen LogP contribution < -0.4 is 10.6 Å². The molecule has 2 N–H and O–H groups in total. The lowest BCUT2D eigenvalue weighted by molar-refractivity contribution is -0.122. The first-order chi connectivity index (χ1) is 7.53. The highest BCUT2D eigenvalue weighted by Gasteiger charge is 2.20. The van der Waals surface area contributed by atoms with Crippen molar-refractivity contribution in [1.29, 1.82) is 0 Å². The van der Waals surface area contributed by atoms with Gasteiger partial charge in [0.25, 0.3) is 0 Å². The molecule has 0 aliphatic carbocycles. The third-order valence-electron chi connectivity index (χ3n) is 3.24.